The summed E-state index contributed by atoms with van der Waals surface area (Å²) in [5.41, 5.74) is 2.34. The van der Waals surface area contributed by atoms with Crippen LogP contribution in [0.1, 0.15) is 31.1 Å². The van der Waals surface area contributed by atoms with Crippen LogP contribution in [0.15, 0.2) is 24.3 Å². The van der Waals surface area contributed by atoms with Crippen LogP contribution in [-0.4, -0.2) is 19.0 Å². The molecule has 1 aromatic carbocycles. The van der Waals surface area contributed by atoms with Gasteiger partial charge >= 0.3 is 0 Å². The number of hydrogen-bond donors (Lipinski definition) is 1. The van der Waals surface area contributed by atoms with Gasteiger partial charge in [-0.3, -0.25) is 0 Å². The highest BCUT2D eigenvalue weighted by atomic mass is 16.7. The molecule has 2 N–H and O–H groups in total. The van der Waals surface area contributed by atoms with Crippen molar-refractivity contribution in [2.75, 3.05) is 13.2 Å². The summed E-state index contributed by atoms with van der Waals surface area (Å²) in [6.45, 7) is 4.99. The van der Waals surface area contributed by atoms with E-state index in [4.69, 9.17) is 15.4 Å². The third kappa shape index (κ3) is 3.26. The van der Waals surface area contributed by atoms with Gasteiger partial charge in [0, 0.05) is 0 Å². The van der Waals surface area contributed by atoms with Gasteiger partial charge < -0.3 is 14.3 Å². The Morgan fingerprint density at radius 3 is 2.94 bits per heavy atom. The number of nitrogens with two attached hydrogens (primary N) is 1. The fourth-order valence-electron chi connectivity index (χ4n) is 1.98. The Labute approximate surface area is 102 Å². The third-order valence-electron chi connectivity index (χ3n) is 2.84. The number of rotatable bonds is 4. The molecule has 1 aromatic rings. The Balaban J connectivity index is 2.06. The molecule has 0 amide bonds. The molecule has 4 heteroatoms. The van der Waals surface area contributed by atoms with Crippen molar-refractivity contribution >= 4 is 0 Å². The highest BCUT2D eigenvalue weighted by Crippen LogP contribution is 2.32. The van der Waals surface area contributed by atoms with Gasteiger partial charge in [-0.2, -0.15) is 0 Å². The molecule has 0 bridgehead atoms. The van der Waals surface area contributed by atoms with Gasteiger partial charge in [0.2, 0.25) is 0 Å². The lowest BCUT2D eigenvalue weighted by Crippen LogP contribution is -2.19. The molecule has 4 nitrogen and oxygen atoms in total. The second-order valence-corrected chi connectivity index (χ2v) is 4.68. The highest BCUT2D eigenvalue weighted by molar-refractivity contribution is 5.26. The van der Waals surface area contributed by atoms with Crippen LogP contribution in [0.5, 0.6) is 0 Å². The van der Waals surface area contributed by atoms with Crippen LogP contribution in [0, 0.1) is 0 Å². The molecule has 1 aliphatic heterocycles. The Morgan fingerprint density at radius 1 is 1.47 bits per heavy atom. The van der Waals surface area contributed by atoms with E-state index in [1.165, 1.54) is 5.56 Å². The first kappa shape index (κ1) is 12.5. The molecular weight excluding hydrogens is 218 g/mol. The first-order valence-corrected chi connectivity index (χ1v) is 5.83. The van der Waals surface area contributed by atoms with E-state index in [-0.39, 0.29) is 6.10 Å². The maximum Gasteiger partial charge on any atom is 0.163 e. The highest BCUT2D eigenvalue weighted by Gasteiger charge is 2.33. The minimum absolute atomic E-state index is 0.0174. The van der Waals surface area contributed by atoms with Crippen molar-refractivity contribution in [3.05, 3.63) is 35.4 Å². The van der Waals surface area contributed by atoms with Crippen LogP contribution < -0.4 is 5.90 Å². The Hall–Kier alpha value is -0.940. The molecule has 0 saturated carbocycles. The van der Waals surface area contributed by atoms with Gasteiger partial charge in [-0.15, -0.1) is 0 Å². The van der Waals surface area contributed by atoms with Crippen LogP contribution in [0.3, 0.4) is 0 Å². The molecule has 1 aliphatic rings. The fraction of sp³-hybridized carbons (Fsp3) is 0.538. The molecule has 0 radical (unpaired) electrons. The first-order valence-electron chi connectivity index (χ1n) is 5.83. The van der Waals surface area contributed by atoms with Crippen molar-refractivity contribution in [2.24, 2.45) is 5.90 Å². The van der Waals surface area contributed by atoms with Crippen LogP contribution in [0.25, 0.3) is 0 Å². The van der Waals surface area contributed by atoms with Crippen molar-refractivity contribution in [3.63, 3.8) is 0 Å². The maximum atomic E-state index is 5.82. The molecule has 1 atom stereocenters. The van der Waals surface area contributed by atoms with Crippen molar-refractivity contribution in [1.29, 1.82) is 0 Å². The van der Waals surface area contributed by atoms with E-state index in [2.05, 4.69) is 23.0 Å². The first-order chi connectivity index (χ1) is 8.11. The van der Waals surface area contributed by atoms with Gasteiger partial charge in [-0.1, -0.05) is 24.3 Å². The summed E-state index contributed by atoms with van der Waals surface area (Å²) < 4.78 is 11.4. The Kier molecular flexibility index (Phi) is 3.79. The maximum absolute atomic E-state index is 5.82. The topological polar surface area (TPSA) is 53.7 Å². The summed E-state index contributed by atoms with van der Waals surface area (Å²) in [5.74, 6) is 4.54. The predicted octanol–water partition coefficient (Wildman–Crippen LogP) is 1.94. The van der Waals surface area contributed by atoms with Gasteiger partial charge in [-0.25, -0.2) is 5.90 Å². The monoisotopic (exact) mass is 237 g/mol. The molecule has 2 rings (SSSR count). The van der Waals surface area contributed by atoms with E-state index in [1.54, 1.807) is 0 Å². The average Bonchev–Trinajstić information content (AvgIpc) is 2.67. The average molecular weight is 237 g/mol. The van der Waals surface area contributed by atoms with Crippen molar-refractivity contribution in [3.8, 4) is 0 Å². The third-order valence-corrected chi connectivity index (χ3v) is 2.84. The van der Waals surface area contributed by atoms with Crippen LogP contribution in [0.4, 0.5) is 0 Å². The molecule has 0 aliphatic carbocycles. The van der Waals surface area contributed by atoms with Crippen LogP contribution in [0.2, 0.25) is 0 Å². The Bertz CT molecular complexity index is 379. The van der Waals surface area contributed by atoms with E-state index in [0.29, 0.717) is 13.2 Å². The summed E-state index contributed by atoms with van der Waals surface area (Å²) in [7, 11) is 0. The van der Waals surface area contributed by atoms with Crippen molar-refractivity contribution < 1.29 is 14.3 Å². The summed E-state index contributed by atoms with van der Waals surface area (Å²) in [6.07, 6.45) is 0.824. The summed E-state index contributed by atoms with van der Waals surface area (Å²) in [5, 5.41) is 0. The molecule has 17 heavy (non-hydrogen) atoms. The van der Waals surface area contributed by atoms with Gasteiger partial charge in [0.15, 0.2) is 5.79 Å². The molecule has 94 valence electrons. The lowest BCUT2D eigenvalue weighted by atomic mass is 10.0. The minimum Gasteiger partial charge on any atom is -0.347 e. The summed E-state index contributed by atoms with van der Waals surface area (Å²) >= 11 is 0. The minimum atomic E-state index is -0.485. The lowest BCUT2D eigenvalue weighted by molar-refractivity contribution is -0.139. The van der Waals surface area contributed by atoms with E-state index in [0.717, 1.165) is 12.0 Å². The normalized spacial score (nSPS) is 22.9. The summed E-state index contributed by atoms with van der Waals surface area (Å²) in [4.78, 5) is 4.59. The molecule has 1 fully saturated rings. The van der Waals surface area contributed by atoms with Crippen LogP contribution >= 0.6 is 0 Å². The second kappa shape index (κ2) is 5.14. The fourth-order valence-corrected chi connectivity index (χ4v) is 1.98. The zero-order valence-corrected chi connectivity index (χ0v) is 10.3. The summed E-state index contributed by atoms with van der Waals surface area (Å²) in [6, 6.07) is 8.26. The predicted molar refractivity (Wildman–Crippen MR) is 64.1 cm³/mol. The van der Waals surface area contributed by atoms with Crippen molar-refractivity contribution in [1.82, 2.24) is 0 Å². The zero-order chi connectivity index (χ0) is 12.3. The molecule has 0 spiro atoms. The molecular formula is C13H19NO3. The number of ether oxygens (including phenoxy) is 2. The van der Waals surface area contributed by atoms with Gasteiger partial charge in [-0.05, 0) is 31.4 Å². The van der Waals surface area contributed by atoms with E-state index >= 15 is 0 Å². The SMILES string of the molecule is CC1(C)OCC(c2cccc(CCON)c2)O1. The second-order valence-electron chi connectivity index (χ2n) is 4.68. The zero-order valence-electron chi connectivity index (χ0n) is 10.3. The van der Waals surface area contributed by atoms with E-state index < -0.39 is 5.79 Å². The van der Waals surface area contributed by atoms with E-state index in [9.17, 15) is 0 Å². The molecule has 1 unspecified atom stereocenters. The number of benzene rings is 1. The largest absolute Gasteiger partial charge is 0.347 e. The lowest BCUT2D eigenvalue weighted by Gasteiger charge is -2.17. The quantitative estimate of drug-likeness (QED) is 0.813. The van der Waals surface area contributed by atoms with Gasteiger partial charge in [0.1, 0.15) is 6.10 Å². The molecule has 0 aromatic heterocycles. The molecule has 1 saturated heterocycles. The van der Waals surface area contributed by atoms with Gasteiger partial charge in [0.25, 0.3) is 0 Å². The van der Waals surface area contributed by atoms with E-state index in [1.807, 2.05) is 19.9 Å². The Morgan fingerprint density at radius 2 is 2.29 bits per heavy atom. The van der Waals surface area contributed by atoms with Crippen LogP contribution in [-0.2, 0) is 20.7 Å². The van der Waals surface area contributed by atoms with Crippen molar-refractivity contribution in [2.45, 2.75) is 32.2 Å². The van der Waals surface area contributed by atoms with Gasteiger partial charge in [0.05, 0.1) is 13.2 Å². The standard InChI is InChI=1S/C13H19NO3/c1-13(2)15-9-12(17-13)11-5-3-4-10(8-11)6-7-16-14/h3-5,8,12H,6-7,9,14H2,1-2H3. The number of hydrogen-bond acceptors (Lipinski definition) is 4. The smallest absolute Gasteiger partial charge is 0.163 e. The molecule has 1 heterocycles.